The molecule has 0 N–H and O–H groups in total. The molecule has 0 saturated heterocycles. The lowest BCUT2D eigenvalue weighted by atomic mass is 9.92. The second-order valence-electron chi connectivity index (χ2n) is 14.7. The molecule has 0 aliphatic rings. The predicted molar refractivity (Wildman–Crippen MR) is 155 cm³/mol. The van der Waals surface area contributed by atoms with Crippen LogP contribution >= 0.6 is 7.92 Å². The first-order chi connectivity index (χ1) is 30.0. The first kappa shape index (κ1) is 67.7. The van der Waals surface area contributed by atoms with Crippen molar-refractivity contribution in [2.45, 2.75) is 165 Å². The van der Waals surface area contributed by atoms with Gasteiger partial charge in [0.25, 0.3) is 0 Å². The van der Waals surface area contributed by atoms with Crippen LogP contribution in [0.25, 0.3) is 0 Å². The van der Waals surface area contributed by atoms with Crippen LogP contribution in [0.4, 0.5) is 171 Å². The summed E-state index contributed by atoms with van der Waals surface area (Å²) in [5, 5.41) is 0. The number of rotatable bonds is 27. The normalized spacial score (nSPS) is 16.5. The molecular formula is C30H24F39P. The first-order valence-corrected chi connectivity index (χ1v) is 19.5. The van der Waals surface area contributed by atoms with Gasteiger partial charge in [0.1, 0.15) is 0 Å². The molecular weight excluding hydrogens is 1130 g/mol. The van der Waals surface area contributed by atoms with Crippen molar-refractivity contribution in [3.05, 3.63) is 0 Å². The Labute approximate surface area is 363 Å². The molecule has 0 fully saturated rings. The zero-order valence-corrected chi connectivity index (χ0v) is 33.6. The molecule has 0 heterocycles. The average Bonchev–Trinajstić information content (AvgIpc) is 3.13. The SMILES string of the molecule is FC(F)(F)C(F)(F)C(F)(F)C(F)(F)C(F)(F)C(F)(F)CCCCP(CCCCC(F)(F)C(F)(F)C(F)(F)C(F)(F)C(F)(F)C(F)(F)F)CCCCC(F)(F)C(F)(F)C(F)(F)C(F)(F)C(F)(F)C(F)(F)F. The summed E-state index contributed by atoms with van der Waals surface area (Å²) in [5.41, 5.74) is 0. The van der Waals surface area contributed by atoms with Crippen LogP contribution in [0.3, 0.4) is 0 Å². The fraction of sp³-hybridized carbons (Fsp3) is 1.00. The molecule has 40 heteroatoms. The van der Waals surface area contributed by atoms with Crippen molar-refractivity contribution in [1.29, 1.82) is 0 Å². The molecule has 0 aliphatic carbocycles. The van der Waals surface area contributed by atoms with Crippen LogP contribution in [0.1, 0.15) is 57.8 Å². The topological polar surface area (TPSA) is 0 Å². The summed E-state index contributed by atoms with van der Waals surface area (Å²) in [6.07, 6.45) is -46.1. The summed E-state index contributed by atoms with van der Waals surface area (Å²) in [4.78, 5) is 0. The van der Waals surface area contributed by atoms with Gasteiger partial charge in [-0.25, -0.2) is 0 Å². The summed E-state index contributed by atoms with van der Waals surface area (Å²) in [5.74, 6) is -119. The highest BCUT2D eigenvalue weighted by Gasteiger charge is 2.93. The number of unbranched alkanes of at least 4 members (excludes halogenated alkanes) is 3. The lowest BCUT2D eigenvalue weighted by molar-refractivity contribution is -0.440. The maximum atomic E-state index is 14.2. The van der Waals surface area contributed by atoms with E-state index < -0.39 is 192 Å². The van der Waals surface area contributed by atoms with E-state index in [0.29, 0.717) is 0 Å². The smallest absolute Gasteiger partial charge is 0.200 e. The summed E-state index contributed by atoms with van der Waals surface area (Å²) in [6.45, 7) is 0. The monoisotopic (exact) mass is 1160 g/mol. The van der Waals surface area contributed by atoms with Gasteiger partial charge >= 0.3 is 107 Å². The van der Waals surface area contributed by atoms with E-state index in [1.54, 1.807) is 0 Å². The van der Waals surface area contributed by atoms with Crippen LogP contribution in [-0.2, 0) is 0 Å². The molecule has 0 radical (unpaired) electrons. The molecule has 0 unspecified atom stereocenters. The van der Waals surface area contributed by atoms with E-state index in [-0.39, 0.29) is 0 Å². The fourth-order valence-corrected chi connectivity index (χ4v) is 7.94. The highest BCUT2D eigenvalue weighted by molar-refractivity contribution is 7.57. The molecule has 0 aromatic rings. The van der Waals surface area contributed by atoms with Crippen molar-refractivity contribution >= 4 is 7.92 Å². The van der Waals surface area contributed by atoms with Gasteiger partial charge in [-0.3, -0.25) is 0 Å². The third-order valence-electron chi connectivity index (χ3n) is 9.64. The van der Waals surface area contributed by atoms with E-state index in [2.05, 4.69) is 0 Å². The van der Waals surface area contributed by atoms with E-state index in [0.717, 1.165) is 0 Å². The molecule has 422 valence electrons. The van der Waals surface area contributed by atoms with Crippen LogP contribution in [0.15, 0.2) is 0 Å². The summed E-state index contributed by atoms with van der Waals surface area (Å²) >= 11 is 0. The van der Waals surface area contributed by atoms with Gasteiger partial charge in [-0.15, -0.1) is 7.92 Å². The van der Waals surface area contributed by atoms with E-state index in [9.17, 15) is 171 Å². The molecule has 0 atom stereocenters. The van der Waals surface area contributed by atoms with Gasteiger partial charge in [0.15, 0.2) is 0 Å². The molecule has 0 aromatic heterocycles. The van der Waals surface area contributed by atoms with Gasteiger partial charge in [-0.05, 0) is 57.0 Å². The molecule has 0 aromatic carbocycles. The van der Waals surface area contributed by atoms with Gasteiger partial charge in [0.05, 0.1) is 0 Å². The van der Waals surface area contributed by atoms with Gasteiger partial charge in [-0.2, -0.15) is 171 Å². The lowest BCUT2D eigenvalue weighted by Crippen LogP contribution is -2.70. The highest BCUT2D eigenvalue weighted by Crippen LogP contribution is 2.64. The van der Waals surface area contributed by atoms with Crippen molar-refractivity contribution < 1.29 is 171 Å². The Hall–Kier alpha value is -2.30. The number of alkyl halides is 39. The van der Waals surface area contributed by atoms with E-state index in [4.69, 9.17) is 0 Å². The Morgan fingerprint density at radius 3 is 0.457 bits per heavy atom. The second kappa shape index (κ2) is 19.8. The van der Waals surface area contributed by atoms with E-state index in [1.165, 1.54) is 0 Å². The average molecular weight is 1160 g/mol. The maximum Gasteiger partial charge on any atom is 0.460 e. The van der Waals surface area contributed by atoms with Crippen molar-refractivity contribution in [3.63, 3.8) is 0 Å². The molecule has 70 heavy (non-hydrogen) atoms. The molecule has 0 saturated carbocycles. The predicted octanol–water partition coefficient (Wildman–Crippen LogP) is 17.2. The number of hydrogen-bond acceptors (Lipinski definition) is 0. The van der Waals surface area contributed by atoms with Gasteiger partial charge in [0, 0.05) is 19.3 Å². The largest absolute Gasteiger partial charge is 0.460 e. The molecule has 0 bridgehead atoms. The second-order valence-corrected chi connectivity index (χ2v) is 17.4. The number of hydrogen-bond donors (Lipinski definition) is 0. The quantitative estimate of drug-likeness (QED) is 0.0437. The summed E-state index contributed by atoms with van der Waals surface area (Å²) < 4.78 is 521. The Kier molecular flexibility index (Phi) is 19.1. The third kappa shape index (κ3) is 11.2. The molecule has 0 spiro atoms. The summed E-state index contributed by atoms with van der Waals surface area (Å²) in [6, 6.07) is 0. The van der Waals surface area contributed by atoms with Crippen LogP contribution in [0.2, 0.25) is 0 Å². The Bertz CT molecular complexity index is 1500. The van der Waals surface area contributed by atoms with Crippen molar-refractivity contribution in [2.75, 3.05) is 18.5 Å². The standard InChI is InChI=1S/C30H24F39P/c31-13(32,16(37,38)19(43,44)22(49,50)25(55,56)28(61,62)63)7-1-4-10-70(11-5-2-8-14(33,34)17(39,40)20(45,46)23(51,52)26(57,58)29(64,65)66)12-6-3-9-15(35,36)18(41,42)21(47,48)24(53,54)27(59,60)30(67,68)69/h1-12H2. The van der Waals surface area contributed by atoms with Crippen LogP contribution < -0.4 is 0 Å². The summed E-state index contributed by atoms with van der Waals surface area (Å²) in [7, 11) is -2.77. The highest BCUT2D eigenvalue weighted by atomic mass is 31.1. The van der Waals surface area contributed by atoms with Crippen LogP contribution in [-0.4, -0.2) is 126 Å². The molecule has 0 rings (SSSR count). The van der Waals surface area contributed by atoms with E-state index >= 15 is 0 Å². The Morgan fingerprint density at radius 2 is 0.314 bits per heavy atom. The van der Waals surface area contributed by atoms with Crippen molar-refractivity contribution in [3.8, 4) is 0 Å². The van der Waals surface area contributed by atoms with E-state index in [1.807, 2.05) is 0 Å². The fourth-order valence-electron chi connectivity index (χ4n) is 5.26. The Morgan fingerprint density at radius 1 is 0.171 bits per heavy atom. The third-order valence-corrected chi connectivity index (χ3v) is 12.5. The minimum Gasteiger partial charge on any atom is -0.200 e. The van der Waals surface area contributed by atoms with Crippen LogP contribution in [0.5, 0.6) is 0 Å². The number of halogens is 39. The molecule has 0 nitrogen and oxygen atoms in total. The maximum absolute atomic E-state index is 14.2. The Balaban J connectivity index is 6.60. The lowest BCUT2D eigenvalue weighted by Gasteiger charge is -2.39. The minimum absolute atomic E-state index is 1.22. The molecule has 0 aliphatic heterocycles. The zero-order chi connectivity index (χ0) is 57.1. The van der Waals surface area contributed by atoms with Gasteiger partial charge in [0.2, 0.25) is 0 Å². The minimum atomic E-state index is -8.39. The van der Waals surface area contributed by atoms with Gasteiger partial charge in [-0.1, -0.05) is 0 Å². The van der Waals surface area contributed by atoms with Crippen molar-refractivity contribution in [2.24, 2.45) is 0 Å². The van der Waals surface area contributed by atoms with Crippen molar-refractivity contribution in [1.82, 2.24) is 0 Å². The van der Waals surface area contributed by atoms with Gasteiger partial charge < -0.3 is 0 Å². The van der Waals surface area contributed by atoms with Crippen LogP contribution in [0, 0.1) is 0 Å². The zero-order valence-electron chi connectivity index (χ0n) is 32.7. The molecule has 0 amide bonds. The first-order valence-electron chi connectivity index (χ1n) is 17.6.